The molecule has 24 heavy (non-hydrogen) atoms. The van der Waals surface area contributed by atoms with Gasteiger partial charge in [-0.15, -0.1) is 0 Å². The second kappa shape index (κ2) is 9.02. The van der Waals surface area contributed by atoms with E-state index < -0.39 is 5.54 Å². The Morgan fingerprint density at radius 3 is 2.75 bits per heavy atom. The molecule has 2 aliphatic rings. The van der Waals surface area contributed by atoms with Crippen molar-refractivity contribution in [2.75, 3.05) is 19.8 Å². The smallest absolute Gasteiger partial charge is 0.307 e. The molecule has 0 spiro atoms. The van der Waals surface area contributed by atoms with Crippen LogP contribution in [-0.4, -0.2) is 37.2 Å². The molecule has 2 rings (SSSR count). The van der Waals surface area contributed by atoms with E-state index in [1.165, 1.54) is 5.57 Å². The van der Waals surface area contributed by atoms with Crippen molar-refractivity contribution < 1.29 is 19.1 Å². The average molecular weight is 335 g/mol. The number of esters is 2. The van der Waals surface area contributed by atoms with Crippen LogP contribution in [0.15, 0.2) is 23.8 Å². The number of hydrogen-bond donors (Lipinski definition) is 1. The van der Waals surface area contributed by atoms with Crippen molar-refractivity contribution in [2.24, 2.45) is 5.92 Å². The molecule has 5 heteroatoms. The highest BCUT2D eigenvalue weighted by molar-refractivity contribution is 5.72. The van der Waals surface area contributed by atoms with E-state index >= 15 is 0 Å². The van der Waals surface area contributed by atoms with Crippen LogP contribution in [0.1, 0.15) is 52.4 Å². The fraction of sp³-hybridized carbons (Fsp3) is 0.684. The van der Waals surface area contributed by atoms with Crippen LogP contribution in [0, 0.1) is 5.92 Å². The van der Waals surface area contributed by atoms with Gasteiger partial charge in [-0.3, -0.25) is 9.59 Å². The number of nitrogens with one attached hydrogen (secondary N) is 1. The molecule has 2 aliphatic carbocycles. The molecule has 0 amide bonds. The Balaban J connectivity index is 2.11. The SMILES string of the molecule is CCOC(=O)CCN[C@]1(CC(=O)OCC)CCCC2CC=CC=C21. The van der Waals surface area contributed by atoms with Gasteiger partial charge in [0, 0.05) is 6.54 Å². The number of allylic oxidation sites excluding steroid dienone is 3. The van der Waals surface area contributed by atoms with Crippen LogP contribution in [0.2, 0.25) is 0 Å². The number of carbonyl (C=O) groups excluding carboxylic acids is 2. The number of ether oxygens (including phenoxy) is 2. The van der Waals surface area contributed by atoms with Crippen molar-refractivity contribution in [1.82, 2.24) is 5.32 Å². The summed E-state index contributed by atoms with van der Waals surface area (Å²) in [5, 5.41) is 3.51. The maximum Gasteiger partial charge on any atom is 0.307 e. The highest BCUT2D eigenvalue weighted by Crippen LogP contribution is 2.43. The number of fused-ring (bicyclic) bond motifs is 1. The second-order valence-corrected chi connectivity index (χ2v) is 6.42. The van der Waals surface area contributed by atoms with Crippen LogP contribution in [0.4, 0.5) is 0 Å². The van der Waals surface area contributed by atoms with Crippen molar-refractivity contribution >= 4 is 11.9 Å². The minimum atomic E-state index is -0.396. The molecule has 134 valence electrons. The molecule has 0 heterocycles. The van der Waals surface area contributed by atoms with E-state index in [-0.39, 0.29) is 11.9 Å². The van der Waals surface area contributed by atoms with Crippen LogP contribution < -0.4 is 5.32 Å². The molecule has 0 aliphatic heterocycles. The number of rotatable bonds is 8. The zero-order chi connectivity index (χ0) is 17.4. The molecule has 0 aromatic carbocycles. The standard InChI is InChI=1S/C19H29NO4/c1-3-23-17(21)11-13-20-19(14-18(22)24-4-2)12-7-9-15-8-5-6-10-16(15)19/h5-6,10,15,20H,3-4,7-9,11-14H2,1-2H3/t15?,19-/m0/s1. The first kappa shape index (κ1) is 18.7. The maximum atomic E-state index is 12.2. The minimum Gasteiger partial charge on any atom is -0.466 e. The molecule has 0 aromatic heterocycles. The summed E-state index contributed by atoms with van der Waals surface area (Å²) < 4.78 is 10.2. The first-order valence-corrected chi connectivity index (χ1v) is 9.04. The van der Waals surface area contributed by atoms with E-state index in [9.17, 15) is 9.59 Å². The van der Waals surface area contributed by atoms with E-state index in [0.29, 0.717) is 38.5 Å². The van der Waals surface area contributed by atoms with Gasteiger partial charge in [0.15, 0.2) is 0 Å². The molecule has 0 aromatic rings. The third-order valence-corrected chi connectivity index (χ3v) is 4.83. The maximum absolute atomic E-state index is 12.2. The van der Waals surface area contributed by atoms with Gasteiger partial charge in [-0.2, -0.15) is 0 Å². The largest absolute Gasteiger partial charge is 0.466 e. The van der Waals surface area contributed by atoms with Gasteiger partial charge in [-0.05, 0) is 44.6 Å². The van der Waals surface area contributed by atoms with Gasteiger partial charge >= 0.3 is 11.9 Å². The Bertz CT molecular complexity index is 511. The summed E-state index contributed by atoms with van der Waals surface area (Å²) >= 11 is 0. The minimum absolute atomic E-state index is 0.183. The monoisotopic (exact) mass is 335 g/mol. The van der Waals surface area contributed by atoms with Gasteiger partial charge in [-0.1, -0.05) is 24.6 Å². The highest BCUT2D eigenvalue weighted by atomic mass is 16.5. The van der Waals surface area contributed by atoms with E-state index in [1.54, 1.807) is 6.92 Å². The van der Waals surface area contributed by atoms with Crippen LogP contribution in [0.3, 0.4) is 0 Å². The molecule has 1 fully saturated rings. The predicted molar refractivity (Wildman–Crippen MR) is 92.4 cm³/mol. The molecule has 2 atom stereocenters. The Hall–Kier alpha value is -1.62. The van der Waals surface area contributed by atoms with Crippen LogP contribution >= 0.6 is 0 Å². The molecule has 0 radical (unpaired) electrons. The summed E-state index contributed by atoms with van der Waals surface area (Å²) in [5.41, 5.74) is 0.889. The average Bonchev–Trinajstić information content (AvgIpc) is 2.56. The summed E-state index contributed by atoms with van der Waals surface area (Å²) in [6.07, 6.45) is 11.2. The Morgan fingerprint density at radius 1 is 1.25 bits per heavy atom. The predicted octanol–water partition coefficient (Wildman–Crippen LogP) is 2.91. The van der Waals surface area contributed by atoms with Crippen LogP contribution in [0.25, 0.3) is 0 Å². The fourth-order valence-corrected chi connectivity index (χ4v) is 3.83. The topological polar surface area (TPSA) is 64.6 Å². The van der Waals surface area contributed by atoms with Gasteiger partial charge < -0.3 is 14.8 Å². The lowest BCUT2D eigenvalue weighted by Crippen LogP contribution is -2.53. The first-order valence-electron chi connectivity index (χ1n) is 9.04. The van der Waals surface area contributed by atoms with Gasteiger partial charge in [-0.25, -0.2) is 0 Å². The van der Waals surface area contributed by atoms with Crippen molar-refractivity contribution in [2.45, 2.75) is 57.9 Å². The van der Waals surface area contributed by atoms with Gasteiger partial charge in [0.2, 0.25) is 0 Å². The fourth-order valence-electron chi connectivity index (χ4n) is 3.83. The lowest BCUT2D eigenvalue weighted by Gasteiger charge is -2.45. The second-order valence-electron chi connectivity index (χ2n) is 6.42. The van der Waals surface area contributed by atoms with Crippen molar-refractivity contribution in [3.05, 3.63) is 23.8 Å². The first-order chi connectivity index (χ1) is 11.6. The molecule has 5 nitrogen and oxygen atoms in total. The molecular weight excluding hydrogens is 306 g/mol. The summed E-state index contributed by atoms with van der Waals surface area (Å²) in [6.45, 7) is 4.92. The van der Waals surface area contributed by atoms with Crippen LogP contribution in [0.5, 0.6) is 0 Å². The quantitative estimate of drug-likeness (QED) is 0.691. The van der Waals surface area contributed by atoms with Gasteiger partial charge in [0.25, 0.3) is 0 Å². The third kappa shape index (κ3) is 4.69. The van der Waals surface area contributed by atoms with Crippen molar-refractivity contribution in [3.63, 3.8) is 0 Å². The number of hydrogen-bond acceptors (Lipinski definition) is 5. The zero-order valence-electron chi connectivity index (χ0n) is 14.8. The third-order valence-electron chi connectivity index (χ3n) is 4.83. The Kier molecular flexibility index (Phi) is 7.03. The van der Waals surface area contributed by atoms with Crippen molar-refractivity contribution in [1.29, 1.82) is 0 Å². The summed E-state index contributed by atoms with van der Waals surface area (Å²) in [5.74, 6) is 0.0895. The summed E-state index contributed by atoms with van der Waals surface area (Å²) in [7, 11) is 0. The molecule has 1 N–H and O–H groups in total. The van der Waals surface area contributed by atoms with E-state index in [1.807, 2.05) is 6.92 Å². The van der Waals surface area contributed by atoms with E-state index in [4.69, 9.17) is 9.47 Å². The molecule has 0 saturated heterocycles. The molecular formula is C19H29NO4. The van der Waals surface area contributed by atoms with Gasteiger partial charge in [0.05, 0.1) is 31.6 Å². The molecule has 0 bridgehead atoms. The summed E-state index contributed by atoms with van der Waals surface area (Å²) in [6, 6.07) is 0. The van der Waals surface area contributed by atoms with Gasteiger partial charge in [0.1, 0.15) is 0 Å². The highest BCUT2D eigenvalue weighted by Gasteiger charge is 2.42. The van der Waals surface area contributed by atoms with Crippen molar-refractivity contribution in [3.8, 4) is 0 Å². The molecule has 1 unspecified atom stereocenters. The zero-order valence-corrected chi connectivity index (χ0v) is 14.8. The lowest BCUT2D eigenvalue weighted by atomic mass is 9.67. The van der Waals surface area contributed by atoms with E-state index in [0.717, 1.165) is 25.7 Å². The summed E-state index contributed by atoms with van der Waals surface area (Å²) in [4.78, 5) is 23.8. The Morgan fingerprint density at radius 2 is 2.00 bits per heavy atom. The normalized spacial score (nSPS) is 25.6. The van der Waals surface area contributed by atoms with Crippen LogP contribution in [-0.2, 0) is 19.1 Å². The molecule has 1 saturated carbocycles. The number of carbonyl (C=O) groups is 2. The lowest BCUT2D eigenvalue weighted by molar-refractivity contribution is -0.144. The van der Waals surface area contributed by atoms with E-state index in [2.05, 4.69) is 23.5 Å². The Labute approximate surface area is 144 Å².